The van der Waals surface area contributed by atoms with Crippen LogP contribution in [-0.4, -0.2) is 21.7 Å². The lowest BCUT2D eigenvalue weighted by molar-refractivity contribution is -0.137. The van der Waals surface area contributed by atoms with Crippen LogP contribution in [0.25, 0.3) is 17.1 Å². The molecule has 1 fully saturated rings. The third-order valence-corrected chi connectivity index (χ3v) is 5.24. The Kier molecular flexibility index (Phi) is 6.12. The van der Waals surface area contributed by atoms with Crippen LogP contribution in [0.2, 0.25) is 0 Å². The fourth-order valence-electron chi connectivity index (χ4n) is 3.47. The lowest BCUT2D eigenvalue weighted by atomic mass is 10.1. The summed E-state index contributed by atoms with van der Waals surface area (Å²) >= 11 is 0. The van der Waals surface area contributed by atoms with Gasteiger partial charge < -0.3 is 10.6 Å². The number of nitrogens with zero attached hydrogens (tertiary/aromatic N) is 3. The number of halogens is 3. The maximum atomic E-state index is 13.5. The second kappa shape index (κ2) is 8.98. The highest BCUT2D eigenvalue weighted by Crippen LogP contribution is 2.43. The molecule has 1 aliphatic carbocycles. The Bertz CT molecular complexity index is 1120. The highest BCUT2D eigenvalue weighted by atomic mass is 19.4. The van der Waals surface area contributed by atoms with E-state index in [0.29, 0.717) is 17.2 Å². The average molecular weight is 439 g/mol. The molecule has 1 saturated carbocycles. The Hall–Kier alpha value is -3.42. The molecule has 1 aliphatic rings. The van der Waals surface area contributed by atoms with Crippen LogP contribution in [0.4, 0.5) is 24.7 Å². The van der Waals surface area contributed by atoms with Crippen LogP contribution < -0.4 is 10.6 Å². The number of anilines is 2. The monoisotopic (exact) mass is 439 g/mol. The van der Waals surface area contributed by atoms with Crippen LogP contribution in [0.15, 0.2) is 55.1 Å². The van der Waals surface area contributed by atoms with E-state index in [0.717, 1.165) is 43.1 Å². The molecule has 3 aromatic rings. The van der Waals surface area contributed by atoms with Gasteiger partial charge in [-0.1, -0.05) is 49.9 Å². The van der Waals surface area contributed by atoms with Crippen LogP contribution in [0.5, 0.6) is 0 Å². The number of hydrogen-bond acceptors (Lipinski definition) is 5. The first-order valence-corrected chi connectivity index (χ1v) is 10.6. The molecule has 0 saturated heterocycles. The van der Waals surface area contributed by atoms with Crippen molar-refractivity contribution in [3.8, 4) is 11.4 Å². The van der Waals surface area contributed by atoms with Crippen molar-refractivity contribution < 1.29 is 13.2 Å². The van der Waals surface area contributed by atoms with Crippen molar-refractivity contribution in [2.45, 2.75) is 38.3 Å². The summed E-state index contributed by atoms with van der Waals surface area (Å²) < 4.78 is 40.6. The van der Waals surface area contributed by atoms with E-state index in [4.69, 9.17) is 0 Å². The zero-order chi connectivity index (χ0) is 22.7. The number of nitrogens with one attached hydrogen (secondary N) is 2. The highest BCUT2D eigenvalue weighted by Gasteiger charge is 2.35. The summed E-state index contributed by atoms with van der Waals surface area (Å²) in [6, 6.07) is 13.0. The number of para-hydroxylation sites is 1. The summed E-state index contributed by atoms with van der Waals surface area (Å²) in [5.41, 5.74) is 2.12. The standard InChI is InChI=1S/C24H24F3N5/c1-3-14-28-20-11-7-5-8-17(20)15(2)29-23-21(16-12-13-16)31-32-22(30-23)18-9-4-6-10-19(18)24(25,26)27/h4-11,16,28H,2-3,12-14H2,1H3,(H,29,30,32). The molecule has 4 rings (SSSR count). The summed E-state index contributed by atoms with van der Waals surface area (Å²) in [6.07, 6.45) is -1.65. The highest BCUT2D eigenvalue weighted by molar-refractivity contribution is 5.82. The molecule has 5 nitrogen and oxygen atoms in total. The molecule has 0 bridgehead atoms. The fraction of sp³-hybridized carbons (Fsp3) is 0.292. The molecule has 0 aliphatic heterocycles. The van der Waals surface area contributed by atoms with Crippen molar-refractivity contribution in [2.75, 3.05) is 17.2 Å². The van der Waals surface area contributed by atoms with Crippen LogP contribution in [-0.2, 0) is 6.18 Å². The van der Waals surface area contributed by atoms with Gasteiger partial charge in [0.1, 0.15) is 5.69 Å². The van der Waals surface area contributed by atoms with E-state index in [2.05, 4.69) is 39.3 Å². The molecule has 0 amide bonds. The Morgan fingerprint density at radius 1 is 1.06 bits per heavy atom. The summed E-state index contributed by atoms with van der Waals surface area (Å²) in [5.74, 6) is 0.519. The maximum absolute atomic E-state index is 13.5. The van der Waals surface area contributed by atoms with Gasteiger partial charge in [0.2, 0.25) is 0 Å². The first kappa shape index (κ1) is 21.8. The maximum Gasteiger partial charge on any atom is 0.417 e. The van der Waals surface area contributed by atoms with Gasteiger partial charge >= 0.3 is 6.18 Å². The minimum Gasteiger partial charge on any atom is -0.385 e. The second-order valence-corrected chi connectivity index (χ2v) is 7.76. The number of rotatable bonds is 8. The molecule has 0 radical (unpaired) electrons. The van der Waals surface area contributed by atoms with Crippen molar-refractivity contribution in [3.63, 3.8) is 0 Å². The van der Waals surface area contributed by atoms with Crippen LogP contribution >= 0.6 is 0 Å². The SMILES string of the molecule is C=C(Nc1nc(-c2ccccc2C(F)(F)F)nnc1C1CC1)c1ccccc1NCCC. The smallest absolute Gasteiger partial charge is 0.385 e. The first-order chi connectivity index (χ1) is 15.4. The molecule has 8 heteroatoms. The van der Waals surface area contributed by atoms with Crippen LogP contribution in [0.3, 0.4) is 0 Å². The van der Waals surface area contributed by atoms with E-state index in [-0.39, 0.29) is 17.3 Å². The first-order valence-electron chi connectivity index (χ1n) is 10.6. The number of hydrogen-bond donors (Lipinski definition) is 2. The molecule has 0 spiro atoms. The zero-order valence-corrected chi connectivity index (χ0v) is 17.7. The predicted molar refractivity (Wildman–Crippen MR) is 120 cm³/mol. The van der Waals surface area contributed by atoms with E-state index in [1.807, 2.05) is 24.3 Å². The van der Waals surface area contributed by atoms with Crippen molar-refractivity contribution in [1.29, 1.82) is 0 Å². The molecular formula is C24H24F3N5. The normalized spacial score (nSPS) is 13.6. The summed E-state index contributed by atoms with van der Waals surface area (Å²) in [6.45, 7) is 7.04. The minimum atomic E-state index is -4.52. The van der Waals surface area contributed by atoms with Crippen molar-refractivity contribution in [2.24, 2.45) is 0 Å². The summed E-state index contributed by atoms with van der Waals surface area (Å²) in [7, 11) is 0. The Labute approximate surface area is 184 Å². The lowest BCUT2D eigenvalue weighted by Crippen LogP contribution is -2.12. The van der Waals surface area contributed by atoms with Gasteiger partial charge in [-0.25, -0.2) is 4.98 Å². The molecule has 2 aromatic carbocycles. The number of benzene rings is 2. The van der Waals surface area contributed by atoms with Gasteiger partial charge in [0.15, 0.2) is 11.6 Å². The molecule has 1 heterocycles. The van der Waals surface area contributed by atoms with Gasteiger partial charge in [0.25, 0.3) is 0 Å². The van der Waals surface area contributed by atoms with E-state index in [1.165, 1.54) is 18.2 Å². The molecule has 2 N–H and O–H groups in total. The Balaban J connectivity index is 1.70. The molecule has 0 atom stereocenters. The van der Waals surface area contributed by atoms with Crippen LogP contribution in [0, 0.1) is 0 Å². The molecule has 166 valence electrons. The third-order valence-electron chi connectivity index (χ3n) is 5.24. The van der Waals surface area contributed by atoms with Crippen molar-refractivity contribution in [1.82, 2.24) is 15.2 Å². The molecule has 32 heavy (non-hydrogen) atoms. The van der Waals surface area contributed by atoms with E-state index in [9.17, 15) is 13.2 Å². The van der Waals surface area contributed by atoms with Gasteiger partial charge in [-0.05, 0) is 31.4 Å². The Morgan fingerprint density at radius 2 is 1.78 bits per heavy atom. The fourth-order valence-corrected chi connectivity index (χ4v) is 3.47. The molecular weight excluding hydrogens is 415 g/mol. The van der Waals surface area contributed by atoms with Gasteiger partial charge in [0.05, 0.1) is 5.56 Å². The number of alkyl halides is 3. The van der Waals surface area contributed by atoms with Gasteiger partial charge in [-0.15, -0.1) is 10.2 Å². The van der Waals surface area contributed by atoms with Gasteiger partial charge in [0, 0.05) is 35.0 Å². The number of aromatic nitrogens is 3. The largest absolute Gasteiger partial charge is 0.417 e. The second-order valence-electron chi connectivity index (χ2n) is 7.76. The topological polar surface area (TPSA) is 62.7 Å². The van der Waals surface area contributed by atoms with Gasteiger partial charge in [-0.3, -0.25) is 0 Å². The van der Waals surface area contributed by atoms with E-state index >= 15 is 0 Å². The zero-order valence-electron chi connectivity index (χ0n) is 17.7. The van der Waals surface area contributed by atoms with E-state index in [1.54, 1.807) is 0 Å². The molecule has 0 unspecified atom stereocenters. The third kappa shape index (κ3) is 4.74. The summed E-state index contributed by atoms with van der Waals surface area (Å²) in [4.78, 5) is 4.47. The molecule has 1 aromatic heterocycles. The van der Waals surface area contributed by atoms with Crippen molar-refractivity contribution >= 4 is 17.2 Å². The van der Waals surface area contributed by atoms with Gasteiger partial charge in [-0.2, -0.15) is 13.2 Å². The predicted octanol–water partition coefficient (Wildman–Crippen LogP) is 6.34. The van der Waals surface area contributed by atoms with Crippen LogP contribution in [0.1, 0.15) is 48.9 Å². The Morgan fingerprint density at radius 3 is 2.50 bits per heavy atom. The lowest BCUT2D eigenvalue weighted by Gasteiger charge is -2.17. The quantitative estimate of drug-likeness (QED) is 0.429. The average Bonchev–Trinajstić information content (AvgIpc) is 3.62. The minimum absolute atomic E-state index is 0.0741. The summed E-state index contributed by atoms with van der Waals surface area (Å²) in [5, 5.41) is 14.9. The van der Waals surface area contributed by atoms with E-state index < -0.39 is 11.7 Å². The van der Waals surface area contributed by atoms with Crippen molar-refractivity contribution in [3.05, 3.63) is 71.9 Å².